The summed E-state index contributed by atoms with van der Waals surface area (Å²) in [5.41, 5.74) is 0. The standard InChI is InChI=1S/C75H146NO8P/c1-6-8-10-12-14-16-18-20-22-24-26-28-30-32-33-34-35-36-37-38-39-40-41-42-43-44-46-48-50-52-54-56-58-60-62-64-66-68-75(78)84-73(72-83-85(79,80)82-70-69-76(3,4)5)71-81-74(77)67-65-63-61-59-57-55-53-51-49-47-45-31-29-27-25-23-21-19-17-15-13-11-9-7-2/h18,20,24,26,73H,6-17,19,21-23,25,27-72H2,1-5H3/p+1/b20-18-,26-24-. The minimum absolute atomic E-state index is 0.0364. The van der Waals surface area contributed by atoms with Crippen molar-refractivity contribution in [2.75, 3.05) is 47.5 Å². The van der Waals surface area contributed by atoms with Gasteiger partial charge in [-0.2, -0.15) is 0 Å². The average Bonchev–Trinajstić information content (AvgIpc) is 3.50. The second kappa shape index (κ2) is 66.9. The van der Waals surface area contributed by atoms with Crippen LogP contribution in [0.4, 0.5) is 0 Å². The van der Waals surface area contributed by atoms with Crippen molar-refractivity contribution in [3.8, 4) is 0 Å². The molecule has 1 N–H and O–H groups in total. The molecule has 0 saturated carbocycles. The van der Waals surface area contributed by atoms with Crippen molar-refractivity contribution in [2.24, 2.45) is 0 Å². The Morgan fingerprint density at radius 2 is 0.635 bits per heavy atom. The maximum absolute atomic E-state index is 12.9. The zero-order valence-corrected chi connectivity index (χ0v) is 58.5. The summed E-state index contributed by atoms with van der Waals surface area (Å²) in [6, 6.07) is 0. The summed E-state index contributed by atoms with van der Waals surface area (Å²) in [5, 5.41) is 0. The summed E-state index contributed by atoms with van der Waals surface area (Å²) in [5.74, 6) is -0.770. The van der Waals surface area contributed by atoms with E-state index < -0.39 is 26.5 Å². The predicted octanol–water partition coefficient (Wildman–Crippen LogP) is 24.4. The maximum atomic E-state index is 12.9. The van der Waals surface area contributed by atoms with E-state index in [2.05, 4.69) is 38.2 Å². The summed E-state index contributed by atoms with van der Waals surface area (Å²) in [6.45, 7) is 4.51. The second-order valence-corrected chi connectivity index (χ2v) is 28.5. The first kappa shape index (κ1) is 83.5. The van der Waals surface area contributed by atoms with Gasteiger partial charge in [0.1, 0.15) is 19.8 Å². The monoisotopic (exact) mass is 1220 g/mol. The number of carbonyl (C=O) groups is 2. The van der Waals surface area contributed by atoms with E-state index in [0.717, 1.165) is 44.9 Å². The Balaban J connectivity index is 3.91. The first-order valence-corrected chi connectivity index (χ1v) is 39.1. The third-order valence-electron chi connectivity index (χ3n) is 17.2. The zero-order chi connectivity index (χ0) is 61.9. The van der Waals surface area contributed by atoms with Crippen LogP contribution in [0.25, 0.3) is 0 Å². The van der Waals surface area contributed by atoms with Gasteiger partial charge in [-0.15, -0.1) is 0 Å². The van der Waals surface area contributed by atoms with E-state index >= 15 is 0 Å². The molecule has 0 aromatic rings. The first-order chi connectivity index (χ1) is 41.5. The fourth-order valence-electron chi connectivity index (χ4n) is 11.5. The number of nitrogens with zero attached hydrogens (tertiary/aromatic N) is 1. The van der Waals surface area contributed by atoms with E-state index in [9.17, 15) is 19.0 Å². The molecule has 85 heavy (non-hydrogen) atoms. The summed E-state index contributed by atoms with van der Waals surface area (Å²) >= 11 is 0. The van der Waals surface area contributed by atoms with Crippen molar-refractivity contribution in [2.45, 2.75) is 399 Å². The summed E-state index contributed by atoms with van der Waals surface area (Å²) < 4.78 is 34.8. The van der Waals surface area contributed by atoms with Crippen LogP contribution >= 0.6 is 7.82 Å². The largest absolute Gasteiger partial charge is 0.472 e. The Labute approximate surface area is 529 Å². The van der Waals surface area contributed by atoms with Gasteiger partial charge < -0.3 is 18.9 Å². The van der Waals surface area contributed by atoms with Crippen LogP contribution in [0.5, 0.6) is 0 Å². The van der Waals surface area contributed by atoms with E-state index in [0.29, 0.717) is 17.4 Å². The molecule has 0 spiro atoms. The lowest BCUT2D eigenvalue weighted by Gasteiger charge is -2.24. The third kappa shape index (κ3) is 71.4. The fraction of sp³-hybridized carbons (Fsp3) is 0.920. The van der Waals surface area contributed by atoms with Gasteiger partial charge in [0.15, 0.2) is 6.10 Å². The lowest BCUT2D eigenvalue weighted by Crippen LogP contribution is -2.37. The van der Waals surface area contributed by atoms with E-state index in [1.54, 1.807) is 0 Å². The second-order valence-electron chi connectivity index (χ2n) is 27.0. The smallest absolute Gasteiger partial charge is 0.462 e. The number of unbranched alkanes of at least 4 members (excludes halogenated alkanes) is 53. The van der Waals surface area contributed by atoms with Gasteiger partial charge in [-0.3, -0.25) is 18.6 Å². The summed E-state index contributed by atoms with van der Waals surface area (Å²) in [6.07, 6.45) is 84.5. The molecule has 0 amide bonds. The maximum Gasteiger partial charge on any atom is 0.472 e. The van der Waals surface area contributed by atoms with E-state index in [-0.39, 0.29) is 25.6 Å². The van der Waals surface area contributed by atoms with Crippen molar-refractivity contribution in [1.82, 2.24) is 0 Å². The number of phosphoric ester groups is 1. The molecule has 2 atom stereocenters. The van der Waals surface area contributed by atoms with Crippen LogP contribution in [0.3, 0.4) is 0 Å². The van der Waals surface area contributed by atoms with Crippen LogP contribution in [0.1, 0.15) is 393 Å². The van der Waals surface area contributed by atoms with Crippen LogP contribution in [0, 0.1) is 0 Å². The Morgan fingerprint density at radius 3 is 0.929 bits per heavy atom. The Hall–Kier alpha value is -1.51. The highest BCUT2D eigenvalue weighted by Gasteiger charge is 2.27. The van der Waals surface area contributed by atoms with Crippen LogP contribution in [0.2, 0.25) is 0 Å². The zero-order valence-electron chi connectivity index (χ0n) is 57.6. The third-order valence-corrected chi connectivity index (χ3v) is 18.2. The van der Waals surface area contributed by atoms with Gasteiger partial charge in [-0.25, -0.2) is 4.57 Å². The van der Waals surface area contributed by atoms with Gasteiger partial charge in [0.2, 0.25) is 0 Å². The fourth-order valence-corrected chi connectivity index (χ4v) is 12.2. The SMILES string of the molecule is CCCCCCC/C=C\C/C=C\CCCCCCCCCCCCCCCCCCCCCCCCCCCC(=O)OC(COC(=O)CCCCCCCCCCCCCCCCCCCCCCCCCC)COP(=O)(O)OCC[N+](C)(C)C. The van der Waals surface area contributed by atoms with Gasteiger partial charge in [-0.05, 0) is 44.9 Å². The summed E-state index contributed by atoms with van der Waals surface area (Å²) in [4.78, 5) is 35.9. The Kier molecular flexibility index (Phi) is 65.7. The van der Waals surface area contributed by atoms with Crippen LogP contribution in [-0.2, 0) is 32.7 Å². The van der Waals surface area contributed by atoms with E-state index in [1.807, 2.05) is 21.1 Å². The number of ether oxygens (including phenoxy) is 2. The molecule has 10 heteroatoms. The number of likely N-dealkylation sites (N-methyl/N-ethyl adjacent to an activating group) is 1. The normalized spacial score (nSPS) is 13.2. The van der Waals surface area contributed by atoms with Crippen LogP contribution < -0.4 is 0 Å². The van der Waals surface area contributed by atoms with Gasteiger partial charge in [0.05, 0.1) is 27.7 Å². The van der Waals surface area contributed by atoms with Crippen molar-refractivity contribution < 1.29 is 42.1 Å². The van der Waals surface area contributed by atoms with Gasteiger partial charge in [0.25, 0.3) is 0 Å². The molecule has 0 aliphatic rings. The highest BCUT2D eigenvalue weighted by atomic mass is 31.2. The van der Waals surface area contributed by atoms with Gasteiger partial charge >= 0.3 is 19.8 Å². The highest BCUT2D eigenvalue weighted by Crippen LogP contribution is 2.43. The molecule has 0 aliphatic heterocycles. The Bertz CT molecular complexity index is 1480. The number of esters is 2. The molecular weight excluding hydrogens is 1070 g/mol. The molecule has 0 aromatic heterocycles. The minimum Gasteiger partial charge on any atom is -0.462 e. The molecule has 0 bridgehead atoms. The number of hydrogen-bond donors (Lipinski definition) is 1. The molecule has 0 heterocycles. The molecule has 2 unspecified atom stereocenters. The van der Waals surface area contributed by atoms with Crippen LogP contribution in [-0.4, -0.2) is 74.9 Å². The molecule has 0 saturated heterocycles. The van der Waals surface area contributed by atoms with Crippen molar-refractivity contribution in [1.29, 1.82) is 0 Å². The molecule has 0 aromatic carbocycles. The topological polar surface area (TPSA) is 108 Å². The molecular formula is C75H147NO8P+. The minimum atomic E-state index is -4.39. The highest BCUT2D eigenvalue weighted by molar-refractivity contribution is 7.47. The molecule has 0 aliphatic carbocycles. The summed E-state index contributed by atoms with van der Waals surface area (Å²) in [7, 11) is 1.50. The molecule has 504 valence electrons. The van der Waals surface area contributed by atoms with Crippen molar-refractivity contribution >= 4 is 19.8 Å². The number of quaternary nitrogens is 1. The van der Waals surface area contributed by atoms with E-state index in [1.165, 1.54) is 321 Å². The molecule has 0 rings (SSSR count). The van der Waals surface area contributed by atoms with Gasteiger partial charge in [-0.1, -0.05) is 359 Å². The molecule has 0 fully saturated rings. The van der Waals surface area contributed by atoms with Gasteiger partial charge in [0, 0.05) is 12.8 Å². The average molecular weight is 1220 g/mol. The van der Waals surface area contributed by atoms with Crippen molar-refractivity contribution in [3.05, 3.63) is 24.3 Å². The van der Waals surface area contributed by atoms with Crippen LogP contribution in [0.15, 0.2) is 24.3 Å². The van der Waals surface area contributed by atoms with E-state index in [4.69, 9.17) is 18.5 Å². The number of allylic oxidation sites excluding steroid dienone is 4. The molecule has 9 nitrogen and oxygen atoms in total. The Morgan fingerprint density at radius 1 is 0.365 bits per heavy atom. The number of carbonyl (C=O) groups excluding carboxylic acids is 2. The quantitative estimate of drug-likeness (QED) is 0.0211. The molecule has 0 radical (unpaired) electrons. The first-order valence-electron chi connectivity index (χ1n) is 37.6. The lowest BCUT2D eigenvalue weighted by molar-refractivity contribution is -0.870. The predicted molar refractivity (Wildman–Crippen MR) is 367 cm³/mol. The number of rotatable bonds is 71. The lowest BCUT2D eigenvalue weighted by atomic mass is 10.0. The van der Waals surface area contributed by atoms with Crippen molar-refractivity contribution in [3.63, 3.8) is 0 Å². The number of hydrogen-bond acceptors (Lipinski definition) is 7. The number of phosphoric acid groups is 1.